The number of hydrogen-bond donors (Lipinski definition) is 2. The summed E-state index contributed by atoms with van der Waals surface area (Å²) in [6.45, 7) is 2.72. The first-order chi connectivity index (χ1) is 8.79. The Kier molecular flexibility index (Phi) is 5.21. The number of thiol groups is 1. The number of nitrogens with one attached hydrogen (secondary N) is 1. The first kappa shape index (κ1) is 13.6. The quantitative estimate of drug-likeness (QED) is 0.757. The lowest BCUT2D eigenvalue weighted by Gasteiger charge is -2.32. The normalized spacial score (nSPS) is 19.8. The van der Waals surface area contributed by atoms with Crippen LogP contribution in [0.5, 0.6) is 0 Å². The van der Waals surface area contributed by atoms with E-state index in [0.717, 1.165) is 18.2 Å². The summed E-state index contributed by atoms with van der Waals surface area (Å²) >= 11 is 5.54. The van der Waals surface area contributed by atoms with Gasteiger partial charge in [-0.1, -0.05) is 11.3 Å². The first-order valence-electron chi connectivity index (χ1n) is 5.80. The van der Waals surface area contributed by atoms with Gasteiger partial charge in [-0.05, 0) is 5.75 Å². The molecule has 1 atom stereocenters. The molecule has 2 heterocycles. The van der Waals surface area contributed by atoms with Crippen LogP contribution >= 0.6 is 24.0 Å². The third-order valence-corrected chi connectivity index (χ3v) is 3.60. The van der Waals surface area contributed by atoms with Gasteiger partial charge in [0.1, 0.15) is 5.51 Å². The fourth-order valence-corrected chi connectivity index (χ4v) is 2.54. The Hall–Kier alpha value is -0.860. The third-order valence-electron chi connectivity index (χ3n) is 2.62. The van der Waals surface area contributed by atoms with Crippen molar-refractivity contribution in [3.8, 4) is 0 Å². The number of aromatic nitrogens is 2. The van der Waals surface area contributed by atoms with Crippen molar-refractivity contribution in [2.45, 2.75) is 12.5 Å². The number of ether oxygens (including phenoxy) is 1. The average molecular weight is 288 g/mol. The van der Waals surface area contributed by atoms with E-state index in [-0.39, 0.29) is 12.0 Å². The predicted octanol–water partition coefficient (Wildman–Crippen LogP) is 0.179. The second kappa shape index (κ2) is 6.91. The van der Waals surface area contributed by atoms with Gasteiger partial charge in [-0.2, -0.15) is 12.6 Å². The molecule has 6 nitrogen and oxygen atoms in total. The maximum absolute atomic E-state index is 11.3. The molecule has 0 spiro atoms. The molecule has 18 heavy (non-hydrogen) atoms. The van der Waals surface area contributed by atoms with Crippen LogP contribution in [0.4, 0.5) is 5.13 Å². The molecule has 1 N–H and O–H groups in total. The van der Waals surface area contributed by atoms with Crippen LogP contribution in [0.15, 0.2) is 5.51 Å². The molecule has 0 aliphatic carbocycles. The van der Waals surface area contributed by atoms with E-state index in [9.17, 15) is 4.79 Å². The van der Waals surface area contributed by atoms with Gasteiger partial charge in [0.15, 0.2) is 0 Å². The molecular weight excluding hydrogens is 272 g/mol. The van der Waals surface area contributed by atoms with Crippen molar-refractivity contribution in [3.63, 3.8) is 0 Å². The molecule has 1 unspecified atom stereocenters. The fraction of sp³-hybridized carbons (Fsp3) is 0.700. The van der Waals surface area contributed by atoms with E-state index in [1.165, 1.54) is 11.3 Å². The molecule has 0 aromatic carbocycles. The molecule has 1 saturated heterocycles. The van der Waals surface area contributed by atoms with Crippen LogP contribution in [0.25, 0.3) is 0 Å². The van der Waals surface area contributed by atoms with Crippen molar-refractivity contribution >= 4 is 35.0 Å². The zero-order valence-corrected chi connectivity index (χ0v) is 11.6. The first-order valence-corrected chi connectivity index (χ1v) is 7.31. The molecule has 1 fully saturated rings. The monoisotopic (exact) mass is 288 g/mol. The summed E-state index contributed by atoms with van der Waals surface area (Å²) in [7, 11) is 0. The van der Waals surface area contributed by atoms with E-state index < -0.39 is 0 Å². The summed E-state index contributed by atoms with van der Waals surface area (Å²) in [6, 6.07) is 0. The van der Waals surface area contributed by atoms with Crippen molar-refractivity contribution in [1.82, 2.24) is 15.5 Å². The zero-order valence-electron chi connectivity index (χ0n) is 9.91. The number of carbonyl (C=O) groups excluding carboxylic acids is 1. The van der Waals surface area contributed by atoms with Gasteiger partial charge in [-0.3, -0.25) is 4.79 Å². The number of rotatable bonds is 5. The Balaban J connectivity index is 1.78. The smallest absolute Gasteiger partial charge is 0.220 e. The third kappa shape index (κ3) is 3.82. The highest BCUT2D eigenvalue weighted by Crippen LogP contribution is 2.18. The highest BCUT2D eigenvalue weighted by molar-refractivity contribution is 7.80. The zero-order chi connectivity index (χ0) is 12.8. The number of carbonyl (C=O) groups is 1. The van der Waals surface area contributed by atoms with Gasteiger partial charge in [0, 0.05) is 26.1 Å². The number of amides is 1. The summed E-state index contributed by atoms with van der Waals surface area (Å²) in [5, 5.41) is 11.6. The van der Waals surface area contributed by atoms with Gasteiger partial charge < -0.3 is 15.0 Å². The second-order valence-electron chi connectivity index (χ2n) is 3.94. The highest BCUT2D eigenvalue weighted by atomic mass is 32.1. The molecule has 0 bridgehead atoms. The van der Waals surface area contributed by atoms with Crippen molar-refractivity contribution in [3.05, 3.63) is 5.51 Å². The maximum Gasteiger partial charge on any atom is 0.220 e. The van der Waals surface area contributed by atoms with Gasteiger partial charge in [-0.25, -0.2) is 0 Å². The van der Waals surface area contributed by atoms with Crippen LogP contribution in [-0.4, -0.2) is 54.2 Å². The molecule has 100 valence electrons. The average Bonchev–Trinajstić information content (AvgIpc) is 2.91. The Bertz CT molecular complexity index is 374. The van der Waals surface area contributed by atoms with E-state index in [1.807, 2.05) is 0 Å². The lowest BCUT2D eigenvalue weighted by atomic mass is 10.2. The Labute approximate surface area is 115 Å². The highest BCUT2D eigenvalue weighted by Gasteiger charge is 2.22. The lowest BCUT2D eigenvalue weighted by molar-refractivity contribution is -0.121. The molecule has 1 aromatic heterocycles. The number of hydrogen-bond acceptors (Lipinski definition) is 7. The van der Waals surface area contributed by atoms with Crippen LogP contribution in [-0.2, 0) is 9.53 Å². The van der Waals surface area contributed by atoms with Crippen molar-refractivity contribution in [2.24, 2.45) is 0 Å². The van der Waals surface area contributed by atoms with Gasteiger partial charge in [0.05, 0.1) is 12.7 Å². The molecule has 8 heteroatoms. The van der Waals surface area contributed by atoms with E-state index in [4.69, 9.17) is 4.74 Å². The number of morpholine rings is 1. The van der Waals surface area contributed by atoms with E-state index >= 15 is 0 Å². The minimum atomic E-state index is 0.00603. The van der Waals surface area contributed by atoms with Gasteiger partial charge >= 0.3 is 0 Å². The van der Waals surface area contributed by atoms with Crippen molar-refractivity contribution in [2.75, 3.05) is 36.9 Å². The summed E-state index contributed by atoms with van der Waals surface area (Å²) in [4.78, 5) is 13.5. The predicted molar refractivity (Wildman–Crippen MR) is 73.3 cm³/mol. The molecule has 1 amide bonds. The minimum Gasteiger partial charge on any atom is -0.373 e. The van der Waals surface area contributed by atoms with Crippen LogP contribution < -0.4 is 10.2 Å². The second-order valence-corrected chi connectivity index (χ2v) is 5.20. The van der Waals surface area contributed by atoms with Gasteiger partial charge in [0.25, 0.3) is 0 Å². The molecule has 1 aliphatic rings. The number of nitrogens with zero attached hydrogens (tertiary/aromatic N) is 3. The van der Waals surface area contributed by atoms with Gasteiger partial charge in [0.2, 0.25) is 11.0 Å². The van der Waals surface area contributed by atoms with E-state index in [0.29, 0.717) is 25.3 Å². The Morgan fingerprint density at radius 3 is 3.33 bits per heavy atom. The fourth-order valence-electron chi connectivity index (χ4n) is 1.74. The largest absolute Gasteiger partial charge is 0.373 e. The Morgan fingerprint density at radius 2 is 2.61 bits per heavy atom. The summed E-state index contributed by atoms with van der Waals surface area (Å²) in [6.07, 6.45) is 0.446. The molecule has 2 rings (SSSR count). The van der Waals surface area contributed by atoms with Crippen molar-refractivity contribution < 1.29 is 9.53 Å². The molecule has 1 aromatic rings. The summed E-state index contributed by atoms with van der Waals surface area (Å²) < 4.78 is 5.62. The van der Waals surface area contributed by atoms with Crippen LogP contribution in [0.2, 0.25) is 0 Å². The van der Waals surface area contributed by atoms with E-state index in [2.05, 4.69) is 33.0 Å². The minimum absolute atomic E-state index is 0.00603. The molecule has 1 aliphatic heterocycles. The summed E-state index contributed by atoms with van der Waals surface area (Å²) in [5.74, 6) is 0.579. The van der Waals surface area contributed by atoms with Crippen LogP contribution in [0, 0.1) is 0 Å². The van der Waals surface area contributed by atoms with Crippen molar-refractivity contribution in [1.29, 1.82) is 0 Å². The Morgan fingerprint density at radius 1 is 1.72 bits per heavy atom. The summed E-state index contributed by atoms with van der Waals surface area (Å²) in [5.41, 5.74) is 1.72. The SMILES string of the molecule is O=C(CCS)NCC1CN(c2nncs2)CCO1. The lowest BCUT2D eigenvalue weighted by Crippen LogP contribution is -2.47. The maximum atomic E-state index is 11.3. The number of anilines is 1. The van der Waals surface area contributed by atoms with Crippen LogP contribution in [0.1, 0.15) is 6.42 Å². The molecular formula is C10H16N4O2S2. The van der Waals surface area contributed by atoms with Gasteiger partial charge in [-0.15, -0.1) is 10.2 Å². The van der Waals surface area contributed by atoms with E-state index in [1.54, 1.807) is 5.51 Å². The standard InChI is InChI=1S/C10H16N4O2S2/c15-9(1-4-17)11-5-8-6-14(2-3-16-8)10-13-12-7-18-10/h7-8,17H,1-6H2,(H,11,15). The van der Waals surface area contributed by atoms with Crippen LogP contribution in [0.3, 0.4) is 0 Å². The molecule has 0 saturated carbocycles. The molecule has 0 radical (unpaired) electrons. The topological polar surface area (TPSA) is 67.4 Å².